The number of anilines is 1. The van der Waals surface area contributed by atoms with Gasteiger partial charge in [0.05, 0.1) is 11.4 Å². The maximum atomic E-state index is 12.4. The highest BCUT2D eigenvalue weighted by Gasteiger charge is 2.32. The molecule has 1 atom stereocenters. The summed E-state index contributed by atoms with van der Waals surface area (Å²) in [7, 11) is 0. The second kappa shape index (κ2) is 8.72. The van der Waals surface area contributed by atoms with Gasteiger partial charge in [0, 0.05) is 11.1 Å². The van der Waals surface area contributed by atoms with Crippen LogP contribution in [0.15, 0.2) is 23.2 Å². The first-order valence-corrected chi connectivity index (χ1v) is 9.84. The van der Waals surface area contributed by atoms with E-state index >= 15 is 0 Å². The van der Waals surface area contributed by atoms with E-state index in [-0.39, 0.29) is 23.6 Å². The van der Waals surface area contributed by atoms with E-state index in [0.717, 1.165) is 18.4 Å². The fourth-order valence-corrected chi connectivity index (χ4v) is 3.74. The number of aliphatic imine (C=N–C) groups is 1. The van der Waals surface area contributed by atoms with Gasteiger partial charge in [0.25, 0.3) is 0 Å². The van der Waals surface area contributed by atoms with Crippen molar-refractivity contribution in [1.82, 2.24) is 5.32 Å². The summed E-state index contributed by atoms with van der Waals surface area (Å²) < 4.78 is 0. The number of amides is 3. The Bertz CT molecular complexity index is 691. The average molecular weight is 382 g/mol. The first-order valence-electron chi connectivity index (χ1n) is 8.47. The minimum absolute atomic E-state index is 0.0507. The molecule has 0 spiro atoms. The summed E-state index contributed by atoms with van der Waals surface area (Å²) in [5, 5.41) is 3.78. The van der Waals surface area contributed by atoms with Crippen molar-refractivity contribution in [3.05, 3.63) is 28.8 Å². The third-order valence-electron chi connectivity index (χ3n) is 3.91. The van der Waals surface area contributed by atoms with Gasteiger partial charge < -0.3 is 5.32 Å². The Morgan fingerprint density at radius 1 is 1.40 bits per heavy atom. The number of hydrogen-bond acceptors (Lipinski definition) is 3. The van der Waals surface area contributed by atoms with E-state index in [0.29, 0.717) is 15.9 Å². The smallest absolute Gasteiger partial charge is 0.334 e. The molecule has 7 heteroatoms. The van der Waals surface area contributed by atoms with Crippen LogP contribution in [0.25, 0.3) is 0 Å². The van der Waals surface area contributed by atoms with Gasteiger partial charge in [-0.2, -0.15) is 4.99 Å². The fraction of sp³-hybridized carbons (Fsp3) is 0.500. The summed E-state index contributed by atoms with van der Waals surface area (Å²) in [6.45, 7) is 8.11. The Balaban J connectivity index is 2.33. The highest BCUT2D eigenvalue weighted by atomic mass is 35.5. The number of hydrogen-bond donors (Lipinski definition) is 1. The molecular weight excluding hydrogens is 358 g/mol. The van der Waals surface area contributed by atoms with Crippen LogP contribution in [0, 0.1) is 0 Å². The van der Waals surface area contributed by atoms with Crippen LogP contribution in [0.4, 0.5) is 10.5 Å². The predicted molar refractivity (Wildman–Crippen MR) is 106 cm³/mol. The van der Waals surface area contributed by atoms with E-state index in [1.807, 2.05) is 19.1 Å². The third-order valence-corrected chi connectivity index (χ3v) is 5.07. The number of benzene rings is 1. The molecule has 1 unspecified atom stereocenters. The van der Waals surface area contributed by atoms with Gasteiger partial charge in [-0.3, -0.25) is 9.69 Å². The van der Waals surface area contributed by atoms with Crippen LogP contribution < -0.4 is 10.2 Å². The maximum Gasteiger partial charge on any atom is 0.343 e. The lowest BCUT2D eigenvalue weighted by Crippen LogP contribution is -2.34. The summed E-state index contributed by atoms with van der Waals surface area (Å²) >= 11 is 7.41. The van der Waals surface area contributed by atoms with Crippen LogP contribution in [0.2, 0.25) is 5.02 Å². The molecule has 136 valence electrons. The van der Waals surface area contributed by atoms with Gasteiger partial charge in [0.15, 0.2) is 5.17 Å². The minimum Gasteiger partial charge on any atom is -0.334 e. The van der Waals surface area contributed by atoms with Crippen LogP contribution in [0.1, 0.15) is 52.0 Å². The molecule has 3 amide bonds. The van der Waals surface area contributed by atoms with Gasteiger partial charge in [0.2, 0.25) is 5.91 Å². The number of nitrogens with one attached hydrogen (secondary N) is 1. The molecule has 1 aliphatic heterocycles. The van der Waals surface area contributed by atoms with Gasteiger partial charge in [0.1, 0.15) is 0 Å². The normalized spacial score (nSPS) is 17.4. The van der Waals surface area contributed by atoms with E-state index in [2.05, 4.69) is 31.1 Å². The van der Waals surface area contributed by atoms with Gasteiger partial charge in [-0.15, -0.1) is 0 Å². The van der Waals surface area contributed by atoms with Crippen LogP contribution >= 0.6 is 23.4 Å². The first kappa shape index (κ1) is 19.8. The number of rotatable bonds is 5. The Morgan fingerprint density at radius 2 is 2.12 bits per heavy atom. The number of urea groups is 1. The van der Waals surface area contributed by atoms with Gasteiger partial charge in [-0.1, -0.05) is 56.6 Å². The molecular formula is C18H24ClN3O2S. The summed E-state index contributed by atoms with van der Waals surface area (Å²) in [5.41, 5.74) is 1.69. The van der Waals surface area contributed by atoms with Gasteiger partial charge in [-0.05, 0) is 37.0 Å². The van der Waals surface area contributed by atoms with Crippen molar-refractivity contribution in [1.29, 1.82) is 0 Å². The van der Waals surface area contributed by atoms with E-state index in [1.54, 1.807) is 6.07 Å². The molecule has 1 N–H and O–H groups in total. The van der Waals surface area contributed by atoms with Crippen LogP contribution in [-0.4, -0.2) is 28.9 Å². The molecule has 1 saturated heterocycles. The largest absolute Gasteiger partial charge is 0.343 e. The lowest BCUT2D eigenvalue weighted by molar-refractivity contribution is -0.115. The summed E-state index contributed by atoms with van der Waals surface area (Å²) in [5.74, 6) is 0.383. The van der Waals surface area contributed by atoms with Gasteiger partial charge >= 0.3 is 6.03 Å². The maximum absolute atomic E-state index is 12.4. The van der Waals surface area contributed by atoms with Crippen molar-refractivity contribution in [2.24, 2.45) is 4.99 Å². The Labute approximate surface area is 158 Å². The van der Waals surface area contributed by atoms with E-state index in [1.165, 1.54) is 16.7 Å². The zero-order valence-corrected chi connectivity index (χ0v) is 16.6. The quantitative estimate of drug-likeness (QED) is 0.796. The molecule has 0 aromatic heterocycles. The number of amidine groups is 1. The van der Waals surface area contributed by atoms with Crippen molar-refractivity contribution < 1.29 is 9.59 Å². The molecule has 1 aliphatic rings. The summed E-state index contributed by atoms with van der Waals surface area (Å²) in [6, 6.07) is 5.11. The highest BCUT2D eigenvalue weighted by molar-refractivity contribution is 8.15. The minimum atomic E-state index is -0.420. The fourth-order valence-electron chi connectivity index (χ4n) is 2.72. The van der Waals surface area contributed by atoms with E-state index in [4.69, 9.17) is 11.6 Å². The lowest BCUT2D eigenvalue weighted by atomic mass is 10.0. The highest BCUT2D eigenvalue weighted by Crippen LogP contribution is 2.35. The number of nitrogens with zero attached hydrogens (tertiary/aromatic N) is 2. The van der Waals surface area contributed by atoms with Crippen molar-refractivity contribution in [2.45, 2.75) is 52.5 Å². The number of thioether (sulfide) groups is 1. The molecule has 1 heterocycles. The van der Waals surface area contributed by atoms with Crippen LogP contribution in [0.5, 0.6) is 0 Å². The zero-order chi connectivity index (χ0) is 18.6. The Hall–Kier alpha value is -1.53. The second-order valence-corrected chi connectivity index (χ2v) is 7.79. The molecule has 0 saturated carbocycles. The van der Waals surface area contributed by atoms with Crippen molar-refractivity contribution in [3.8, 4) is 0 Å². The van der Waals surface area contributed by atoms with Crippen molar-refractivity contribution in [2.75, 3.05) is 10.7 Å². The monoisotopic (exact) mass is 381 g/mol. The molecule has 0 radical (unpaired) electrons. The Morgan fingerprint density at radius 3 is 2.76 bits per heavy atom. The molecule has 1 fully saturated rings. The first-order chi connectivity index (χ1) is 11.8. The molecule has 25 heavy (non-hydrogen) atoms. The summed E-state index contributed by atoms with van der Waals surface area (Å²) in [6.07, 6.45) is 1.87. The third kappa shape index (κ3) is 4.98. The topological polar surface area (TPSA) is 61.8 Å². The molecule has 1 aromatic carbocycles. The SMILES string of the molecule is CCCC(C)NC(=O)/N=C1\SCC(=O)N1c1cc(Cl)ccc1C(C)C. The zero-order valence-electron chi connectivity index (χ0n) is 15.0. The van der Waals surface area contributed by atoms with Crippen molar-refractivity contribution >= 4 is 46.2 Å². The molecule has 2 rings (SSSR count). The average Bonchev–Trinajstić information content (AvgIpc) is 2.87. The standard InChI is InChI=1S/C18H24ClN3O2S/c1-5-6-12(4)20-17(24)21-18-22(16(23)10-25-18)15-9-13(19)7-8-14(15)11(2)3/h7-9,11-12H,5-6,10H2,1-4H3,(H,20,24)/b21-18-. The van der Waals surface area contributed by atoms with E-state index < -0.39 is 6.03 Å². The van der Waals surface area contributed by atoms with Crippen LogP contribution in [0.3, 0.4) is 0 Å². The van der Waals surface area contributed by atoms with Crippen LogP contribution in [-0.2, 0) is 4.79 Å². The Kier molecular flexibility index (Phi) is 6.90. The second-order valence-electron chi connectivity index (χ2n) is 6.41. The number of carbonyl (C=O) groups is 2. The molecule has 5 nitrogen and oxygen atoms in total. The lowest BCUT2D eigenvalue weighted by Gasteiger charge is -2.22. The summed E-state index contributed by atoms with van der Waals surface area (Å²) in [4.78, 5) is 30.2. The van der Waals surface area contributed by atoms with Gasteiger partial charge in [-0.25, -0.2) is 4.79 Å². The van der Waals surface area contributed by atoms with E-state index in [9.17, 15) is 9.59 Å². The number of halogens is 1. The molecule has 0 aliphatic carbocycles. The number of carbonyl (C=O) groups excluding carboxylic acids is 2. The predicted octanol–water partition coefficient (Wildman–Crippen LogP) is 4.80. The molecule has 0 bridgehead atoms. The van der Waals surface area contributed by atoms with Crippen molar-refractivity contribution in [3.63, 3.8) is 0 Å². The molecule has 1 aromatic rings.